The average Bonchev–Trinajstić information content (AvgIpc) is 2.28. The number of hydrogen-bond acceptors (Lipinski definition) is 4. The van der Waals surface area contributed by atoms with E-state index in [2.05, 4.69) is 9.97 Å². The Morgan fingerprint density at radius 3 is 2.53 bits per heavy atom. The van der Waals surface area contributed by atoms with Gasteiger partial charge in [0.15, 0.2) is 0 Å². The van der Waals surface area contributed by atoms with E-state index < -0.39 is 0 Å². The highest BCUT2D eigenvalue weighted by molar-refractivity contribution is 5.26. The van der Waals surface area contributed by atoms with Crippen molar-refractivity contribution in [1.29, 1.82) is 0 Å². The van der Waals surface area contributed by atoms with Gasteiger partial charge in [-0.05, 0) is 19.4 Å². The fourth-order valence-corrected chi connectivity index (χ4v) is 1.60. The van der Waals surface area contributed by atoms with Crippen LogP contribution in [0, 0.1) is 6.92 Å². The number of rotatable bonds is 3. The fraction of sp³-hybridized carbons (Fsp3) is 0.231. The molecule has 1 atom stereocenters. The number of benzene rings is 1. The van der Waals surface area contributed by atoms with Gasteiger partial charge in [-0.2, -0.15) is 4.98 Å². The average molecular weight is 229 g/mol. The zero-order valence-corrected chi connectivity index (χ0v) is 9.92. The van der Waals surface area contributed by atoms with Crippen molar-refractivity contribution in [2.75, 3.05) is 5.73 Å². The van der Waals surface area contributed by atoms with Gasteiger partial charge >= 0.3 is 0 Å². The van der Waals surface area contributed by atoms with Gasteiger partial charge < -0.3 is 10.5 Å². The highest BCUT2D eigenvalue weighted by Gasteiger charge is 2.08. The Balaban J connectivity index is 2.16. The second-order valence-corrected chi connectivity index (χ2v) is 3.88. The molecule has 2 rings (SSSR count). The standard InChI is InChI=1S/C13H15N3O/c1-9-8-12(16-13(14)15-9)17-10(2)11-6-4-3-5-7-11/h3-8,10H,1-2H3,(H2,14,15,16). The number of nitrogens with zero attached hydrogens (tertiary/aromatic N) is 2. The van der Waals surface area contributed by atoms with Crippen LogP contribution in [-0.4, -0.2) is 9.97 Å². The van der Waals surface area contributed by atoms with Gasteiger partial charge in [0.1, 0.15) is 6.10 Å². The maximum atomic E-state index is 5.73. The third-order valence-corrected chi connectivity index (χ3v) is 2.41. The summed E-state index contributed by atoms with van der Waals surface area (Å²) in [6.45, 7) is 3.83. The van der Waals surface area contributed by atoms with Crippen molar-refractivity contribution in [3.8, 4) is 5.88 Å². The van der Waals surface area contributed by atoms with E-state index in [1.807, 2.05) is 44.2 Å². The SMILES string of the molecule is Cc1cc(OC(C)c2ccccc2)nc(N)n1. The fourth-order valence-electron chi connectivity index (χ4n) is 1.60. The number of nitrogens with two attached hydrogens (primary N) is 1. The molecule has 1 aromatic heterocycles. The Morgan fingerprint density at radius 1 is 1.18 bits per heavy atom. The van der Waals surface area contributed by atoms with Crippen LogP contribution < -0.4 is 10.5 Å². The van der Waals surface area contributed by atoms with Crippen LogP contribution in [0.4, 0.5) is 5.95 Å². The van der Waals surface area contributed by atoms with Gasteiger partial charge in [-0.15, -0.1) is 0 Å². The molecule has 0 fully saturated rings. The van der Waals surface area contributed by atoms with E-state index in [-0.39, 0.29) is 12.1 Å². The third-order valence-electron chi connectivity index (χ3n) is 2.41. The number of nitrogen functional groups attached to an aromatic ring is 1. The first-order valence-electron chi connectivity index (χ1n) is 5.48. The van der Waals surface area contributed by atoms with Crippen LogP contribution in [0.5, 0.6) is 5.88 Å². The molecule has 0 aliphatic carbocycles. The maximum absolute atomic E-state index is 5.73. The molecule has 0 bridgehead atoms. The van der Waals surface area contributed by atoms with Crippen molar-refractivity contribution in [3.05, 3.63) is 47.7 Å². The molecule has 4 heteroatoms. The van der Waals surface area contributed by atoms with Crippen LogP contribution in [0.3, 0.4) is 0 Å². The lowest BCUT2D eigenvalue weighted by Crippen LogP contribution is -2.06. The van der Waals surface area contributed by atoms with Gasteiger partial charge in [0.05, 0.1) is 0 Å². The Hall–Kier alpha value is -2.10. The molecule has 2 aromatic rings. The molecule has 88 valence electrons. The second kappa shape index (κ2) is 4.82. The Bertz CT molecular complexity index is 479. The molecule has 0 saturated carbocycles. The largest absolute Gasteiger partial charge is 0.470 e. The second-order valence-electron chi connectivity index (χ2n) is 3.88. The highest BCUT2D eigenvalue weighted by Crippen LogP contribution is 2.20. The minimum atomic E-state index is -0.0649. The quantitative estimate of drug-likeness (QED) is 0.878. The topological polar surface area (TPSA) is 61.0 Å². The van der Waals surface area contributed by atoms with Crippen LogP contribution in [-0.2, 0) is 0 Å². The predicted octanol–water partition coefficient (Wildman–Crippen LogP) is 2.51. The smallest absolute Gasteiger partial charge is 0.223 e. The molecule has 0 amide bonds. The zero-order chi connectivity index (χ0) is 12.3. The molecular formula is C13H15N3O. The lowest BCUT2D eigenvalue weighted by atomic mass is 10.1. The van der Waals surface area contributed by atoms with Crippen molar-refractivity contribution >= 4 is 5.95 Å². The minimum absolute atomic E-state index is 0.0649. The van der Waals surface area contributed by atoms with Crippen molar-refractivity contribution in [2.24, 2.45) is 0 Å². The third kappa shape index (κ3) is 2.93. The number of aryl methyl sites for hydroxylation is 1. The highest BCUT2D eigenvalue weighted by atomic mass is 16.5. The van der Waals surface area contributed by atoms with Crippen LogP contribution in [0.1, 0.15) is 24.3 Å². The molecule has 1 unspecified atom stereocenters. The minimum Gasteiger partial charge on any atom is -0.470 e. The van der Waals surface area contributed by atoms with Gasteiger partial charge in [0, 0.05) is 11.8 Å². The monoisotopic (exact) mass is 229 g/mol. The molecule has 2 N–H and O–H groups in total. The zero-order valence-electron chi connectivity index (χ0n) is 9.92. The molecule has 0 spiro atoms. The lowest BCUT2D eigenvalue weighted by Gasteiger charge is -2.14. The summed E-state index contributed by atoms with van der Waals surface area (Å²) in [6, 6.07) is 11.7. The maximum Gasteiger partial charge on any atom is 0.223 e. The summed E-state index contributed by atoms with van der Waals surface area (Å²) in [5.74, 6) is 0.742. The van der Waals surface area contributed by atoms with Crippen molar-refractivity contribution in [3.63, 3.8) is 0 Å². The molecular weight excluding hydrogens is 214 g/mol. The summed E-state index contributed by atoms with van der Waals surface area (Å²) in [6.07, 6.45) is -0.0649. The predicted molar refractivity (Wildman–Crippen MR) is 66.7 cm³/mol. The van der Waals surface area contributed by atoms with Crippen molar-refractivity contribution in [1.82, 2.24) is 9.97 Å². The van der Waals surface area contributed by atoms with Crippen LogP contribution in [0.2, 0.25) is 0 Å². The van der Waals surface area contributed by atoms with E-state index >= 15 is 0 Å². The van der Waals surface area contributed by atoms with E-state index in [0.717, 1.165) is 11.3 Å². The summed E-state index contributed by atoms with van der Waals surface area (Å²) in [5, 5.41) is 0. The van der Waals surface area contributed by atoms with E-state index in [1.165, 1.54) is 0 Å². The van der Waals surface area contributed by atoms with Gasteiger partial charge in [-0.25, -0.2) is 4.98 Å². The summed E-state index contributed by atoms with van der Waals surface area (Å²) in [5.41, 5.74) is 7.47. The number of ether oxygens (including phenoxy) is 1. The van der Waals surface area contributed by atoms with Gasteiger partial charge in [0.25, 0.3) is 0 Å². The summed E-state index contributed by atoms with van der Waals surface area (Å²) in [4.78, 5) is 8.04. The first-order valence-corrected chi connectivity index (χ1v) is 5.48. The Kier molecular flexibility index (Phi) is 3.23. The van der Waals surface area contributed by atoms with Gasteiger partial charge in [-0.1, -0.05) is 30.3 Å². The molecule has 4 nitrogen and oxygen atoms in total. The molecule has 1 aromatic carbocycles. The Labute approximate surface area is 100 Å². The molecule has 0 aliphatic rings. The first kappa shape index (κ1) is 11.4. The van der Waals surface area contributed by atoms with Gasteiger partial charge in [-0.3, -0.25) is 0 Å². The van der Waals surface area contributed by atoms with Crippen molar-refractivity contribution < 1.29 is 4.74 Å². The number of aromatic nitrogens is 2. The number of anilines is 1. The molecule has 0 saturated heterocycles. The van der Waals surface area contributed by atoms with E-state index in [1.54, 1.807) is 6.07 Å². The van der Waals surface area contributed by atoms with E-state index in [0.29, 0.717) is 5.88 Å². The Morgan fingerprint density at radius 2 is 1.88 bits per heavy atom. The van der Waals surface area contributed by atoms with E-state index in [4.69, 9.17) is 10.5 Å². The van der Waals surface area contributed by atoms with E-state index in [9.17, 15) is 0 Å². The van der Waals surface area contributed by atoms with Crippen molar-refractivity contribution in [2.45, 2.75) is 20.0 Å². The number of hydrogen-bond donors (Lipinski definition) is 1. The normalized spacial score (nSPS) is 12.1. The molecule has 0 radical (unpaired) electrons. The summed E-state index contributed by atoms with van der Waals surface area (Å²) >= 11 is 0. The van der Waals surface area contributed by atoms with Crippen LogP contribution in [0.15, 0.2) is 36.4 Å². The molecule has 17 heavy (non-hydrogen) atoms. The summed E-state index contributed by atoms with van der Waals surface area (Å²) < 4.78 is 5.73. The van der Waals surface area contributed by atoms with Crippen LogP contribution >= 0.6 is 0 Å². The first-order chi connectivity index (χ1) is 8.15. The van der Waals surface area contributed by atoms with Crippen LogP contribution in [0.25, 0.3) is 0 Å². The van der Waals surface area contributed by atoms with Gasteiger partial charge in [0.2, 0.25) is 11.8 Å². The molecule has 1 heterocycles. The lowest BCUT2D eigenvalue weighted by molar-refractivity contribution is 0.217. The molecule has 0 aliphatic heterocycles. The summed E-state index contributed by atoms with van der Waals surface area (Å²) in [7, 11) is 0.